The fourth-order valence-electron chi connectivity index (χ4n) is 2.60. The normalized spacial score (nSPS) is 11.4. The van der Waals surface area contributed by atoms with Crippen molar-refractivity contribution in [2.45, 2.75) is 6.54 Å². The number of hydrogen-bond donors (Lipinski definition) is 3. The number of aliphatic hydroxyl groups is 1. The highest BCUT2D eigenvalue weighted by Crippen LogP contribution is 2.21. The minimum atomic E-state index is -0.584. The molecule has 3 aromatic rings. The number of imidazole rings is 1. The largest absolute Gasteiger partial charge is 0.496 e. The summed E-state index contributed by atoms with van der Waals surface area (Å²) in [6.07, 6.45) is 1.54. The van der Waals surface area contributed by atoms with E-state index in [-0.39, 0.29) is 30.3 Å². The number of hydrazone groups is 1. The van der Waals surface area contributed by atoms with Crippen LogP contribution >= 0.6 is 15.9 Å². The molecule has 0 radical (unpaired) electrons. The molecule has 10 nitrogen and oxygen atoms in total. The monoisotopic (exact) mass is 436 g/mol. The first kappa shape index (κ1) is 18.9. The van der Waals surface area contributed by atoms with Gasteiger partial charge in [0.2, 0.25) is 5.95 Å². The van der Waals surface area contributed by atoms with Gasteiger partial charge in [0, 0.05) is 23.6 Å². The summed E-state index contributed by atoms with van der Waals surface area (Å²) in [5.74, 6) is 0.849. The van der Waals surface area contributed by atoms with E-state index in [1.54, 1.807) is 13.2 Å². The van der Waals surface area contributed by atoms with Gasteiger partial charge in [0.25, 0.3) is 5.56 Å². The third kappa shape index (κ3) is 3.64. The van der Waals surface area contributed by atoms with Gasteiger partial charge in [0.1, 0.15) is 5.75 Å². The van der Waals surface area contributed by atoms with Crippen LogP contribution in [0, 0.1) is 0 Å². The average molecular weight is 437 g/mol. The van der Waals surface area contributed by atoms with Gasteiger partial charge in [-0.1, -0.05) is 15.9 Å². The number of H-pyrrole nitrogens is 1. The quantitative estimate of drug-likeness (QED) is 0.384. The Morgan fingerprint density at radius 2 is 2.22 bits per heavy atom. The number of aromatic nitrogens is 4. The van der Waals surface area contributed by atoms with Crippen LogP contribution in [0.1, 0.15) is 5.56 Å². The Morgan fingerprint density at radius 1 is 1.44 bits per heavy atom. The van der Waals surface area contributed by atoms with Crippen LogP contribution in [-0.4, -0.2) is 44.1 Å². The lowest BCUT2D eigenvalue weighted by atomic mass is 10.2. The Morgan fingerprint density at radius 3 is 2.93 bits per heavy atom. The molecular formula is C16H17BrN6O4. The van der Waals surface area contributed by atoms with E-state index in [0.29, 0.717) is 5.75 Å². The van der Waals surface area contributed by atoms with E-state index >= 15 is 0 Å². The van der Waals surface area contributed by atoms with Crippen molar-refractivity contribution in [1.29, 1.82) is 0 Å². The van der Waals surface area contributed by atoms with Gasteiger partial charge in [-0.15, -0.1) is 0 Å². The standard InChI is InChI=1S/C16H17BrN6O4/c1-22-13-12(14(25)20-16(22)26)23(5-6-24)15(19-13)21-18-8-9-7-10(17)3-4-11(9)27-2/h3-4,7-8,24H,5-6H2,1-2H3,(H,19,21)(H,20,25,26). The number of methoxy groups -OCH3 is 1. The summed E-state index contributed by atoms with van der Waals surface area (Å²) in [6, 6.07) is 5.47. The van der Waals surface area contributed by atoms with Gasteiger partial charge in [0.15, 0.2) is 11.2 Å². The summed E-state index contributed by atoms with van der Waals surface area (Å²) in [6.45, 7) is -0.110. The second kappa shape index (κ2) is 7.76. The van der Waals surface area contributed by atoms with Crippen LogP contribution in [0.2, 0.25) is 0 Å². The highest BCUT2D eigenvalue weighted by atomic mass is 79.9. The number of nitrogens with one attached hydrogen (secondary N) is 2. The predicted molar refractivity (Wildman–Crippen MR) is 105 cm³/mol. The van der Waals surface area contributed by atoms with Crippen molar-refractivity contribution in [3.05, 3.63) is 49.1 Å². The Balaban J connectivity index is 2.02. The van der Waals surface area contributed by atoms with Crippen molar-refractivity contribution >= 4 is 39.3 Å². The summed E-state index contributed by atoms with van der Waals surface area (Å²) < 4.78 is 8.82. The Hall–Kier alpha value is -2.92. The minimum absolute atomic E-state index is 0.107. The molecule has 2 aromatic heterocycles. The number of aryl methyl sites for hydroxylation is 1. The summed E-state index contributed by atoms with van der Waals surface area (Å²) >= 11 is 3.39. The Bertz CT molecular complexity index is 1130. The van der Waals surface area contributed by atoms with Crippen LogP contribution < -0.4 is 21.4 Å². The molecule has 0 saturated carbocycles. The lowest BCUT2D eigenvalue weighted by molar-refractivity contribution is 0.278. The fraction of sp³-hybridized carbons (Fsp3) is 0.250. The molecule has 0 saturated heterocycles. The summed E-state index contributed by atoms with van der Waals surface area (Å²) in [5.41, 5.74) is 2.67. The number of aromatic amines is 1. The number of nitrogens with zero attached hydrogens (tertiary/aromatic N) is 4. The Kier molecular flexibility index (Phi) is 5.42. The highest BCUT2D eigenvalue weighted by molar-refractivity contribution is 9.10. The molecule has 0 bridgehead atoms. The molecular weight excluding hydrogens is 420 g/mol. The molecule has 0 spiro atoms. The highest BCUT2D eigenvalue weighted by Gasteiger charge is 2.16. The maximum atomic E-state index is 12.2. The van der Waals surface area contributed by atoms with Crippen LogP contribution in [0.25, 0.3) is 11.2 Å². The number of ether oxygens (including phenoxy) is 1. The third-order valence-electron chi connectivity index (χ3n) is 3.89. The number of halogens is 1. The first-order chi connectivity index (χ1) is 13.0. The first-order valence-corrected chi connectivity index (χ1v) is 8.68. The lowest BCUT2D eigenvalue weighted by Gasteiger charge is -2.06. The molecule has 0 atom stereocenters. The molecule has 3 rings (SSSR count). The number of aliphatic hydroxyl groups excluding tert-OH is 1. The van der Waals surface area contributed by atoms with Gasteiger partial charge in [0.05, 0.1) is 19.9 Å². The van der Waals surface area contributed by atoms with E-state index in [4.69, 9.17) is 4.74 Å². The van der Waals surface area contributed by atoms with E-state index < -0.39 is 11.2 Å². The number of benzene rings is 1. The number of anilines is 1. The maximum Gasteiger partial charge on any atom is 0.329 e. The van der Waals surface area contributed by atoms with Crippen molar-refractivity contribution < 1.29 is 9.84 Å². The molecule has 0 aliphatic heterocycles. The summed E-state index contributed by atoms with van der Waals surface area (Å²) in [5, 5.41) is 13.5. The Labute approximate surface area is 161 Å². The molecule has 1 aromatic carbocycles. The van der Waals surface area contributed by atoms with Gasteiger partial charge >= 0.3 is 5.69 Å². The molecule has 2 heterocycles. The second-order valence-electron chi connectivity index (χ2n) is 5.56. The maximum absolute atomic E-state index is 12.2. The van der Waals surface area contributed by atoms with E-state index in [0.717, 1.165) is 10.0 Å². The molecule has 0 aliphatic rings. The fourth-order valence-corrected chi connectivity index (χ4v) is 2.98. The number of fused-ring (bicyclic) bond motifs is 1. The van der Waals surface area contributed by atoms with Crippen LogP contribution in [0.5, 0.6) is 5.75 Å². The molecule has 0 aliphatic carbocycles. The van der Waals surface area contributed by atoms with Gasteiger partial charge in [-0.2, -0.15) is 10.1 Å². The molecule has 0 unspecified atom stereocenters. The smallest absolute Gasteiger partial charge is 0.329 e. The van der Waals surface area contributed by atoms with Gasteiger partial charge in [-0.3, -0.25) is 14.3 Å². The van der Waals surface area contributed by atoms with E-state index in [1.165, 1.54) is 22.4 Å². The third-order valence-corrected chi connectivity index (χ3v) is 4.38. The van der Waals surface area contributed by atoms with Crippen LogP contribution in [-0.2, 0) is 13.6 Å². The molecule has 27 heavy (non-hydrogen) atoms. The van der Waals surface area contributed by atoms with Crippen LogP contribution in [0.15, 0.2) is 37.4 Å². The number of rotatable bonds is 6. The summed E-state index contributed by atoms with van der Waals surface area (Å²) in [4.78, 5) is 30.4. The first-order valence-electron chi connectivity index (χ1n) is 7.89. The topological polar surface area (TPSA) is 127 Å². The predicted octanol–water partition coefficient (Wildman–Crippen LogP) is 0.633. The van der Waals surface area contributed by atoms with Gasteiger partial charge < -0.3 is 14.4 Å². The zero-order valence-electron chi connectivity index (χ0n) is 14.6. The van der Waals surface area contributed by atoms with Crippen LogP contribution in [0.3, 0.4) is 0 Å². The number of hydrogen-bond acceptors (Lipinski definition) is 7. The van der Waals surface area contributed by atoms with Crippen molar-refractivity contribution in [3.8, 4) is 5.75 Å². The van der Waals surface area contributed by atoms with E-state index in [9.17, 15) is 14.7 Å². The summed E-state index contributed by atoms with van der Waals surface area (Å²) in [7, 11) is 3.05. The molecule has 0 amide bonds. The molecule has 0 fully saturated rings. The van der Waals surface area contributed by atoms with E-state index in [1.807, 2.05) is 12.1 Å². The lowest BCUT2D eigenvalue weighted by Crippen LogP contribution is -2.29. The van der Waals surface area contributed by atoms with Crippen LogP contribution in [0.4, 0.5) is 5.95 Å². The van der Waals surface area contributed by atoms with Crippen molar-refractivity contribution in [3.63, 3.8) is 0 Å². The van der Waals surface area contributed by atoms with Crippen molar-refractivity contribution in [1.82, 2.24) is 19.1 Å². The second-order valence-corrected chi connectivity index (χ2v) is 6.47. The average Bonchev–Trinajstić information content (AvgIpc) is 2.99. The molecule has 3 N–H and O–H groups in total. The molecule has 142 valence electrons. The van der Waals surface area contributed by atoms with Crippen molar-refractivity contribution in [2.24, 2.45) is 12.1 Å². The van der Waals surface area contributed by atoms with Gasteiger partial charge in [-0.05, 0) is 18.2 Å². The zero-order valence-corrected chi connectivity index (χ0v) is 16.1. The minimum Gasteiger partial charge on any atom is -0.496 e. The van der Waals surface area contributed by atoms with Gasteiger partial charge in [-0.25, -0.2) is 10.2 Å². The zero-order chi connectivity index (χ0) is 19.6. The molecule has 11 heteroatoms. The van der Waals surface area contributed by atoms with Crippen molar-refractivity contribution in [2.75, 3.05) is 19.1 Å². The SMILES string of the molecule is COc1ccc(Br)cc1C=NNc1nc2c(c(=O)[nH]c(=O)n2C)n1CCO. The van der Waals surface area contributed by atoms with E-state index in [2.05, 4.69) is 36.4 Å².